The van der Waals surface area contributed by atoms with Crippen LogP contribution >= 0.6 is 0 Å². The summed E-state index contributed by atoms with van der Waals surface area (Å²) in [6.07, 6.45) is 4.72. The van der Waals surface area contributed by atoms with Gasteiger partial charge in [0.15, 0.2) is 0 Å². The van der Waals surface area contributed by atoms with Crippen LogP contribution in [0.2, 0.25) is 0 Å². The highest BCUT2D eigenvalue weighted by Gasteiger charge is 2.33. The topological polar surface area (TPSA) is 27.0 Å². The minimum atomic E-state index is 0.241. The zero-order chi connectivity index (χ0) is 13.0. The van der Waals surface area contributed by atoms with E-state index in [1.807, 2.05) is 0 Å². The Balaban J connectivity index is 2.64. The summed E-state index contributed by atoms with van der Waals surface area (Å²) in [5, 5.41) is 9.28. The fourth-order valence-corrected chi connectivity index (χ4v) is 3.13. The largest absolute Gasteiger partial charge is 0.299 e. The van der Waals surface area contributed by atoms with Gasteiger partial charge in [-0.1, -0.05) is 20.8 Å². The Morgan fingerprint density at radius 1 is 1.29 bits per heavy atom. The summed E-state index contributed by atoms with van der Waals surface area (Å²) in [5.74, 6) is 1.75. The molecule has 0 amide bonds. The van der Waals surface area contributed by atoms with Gasteiger partial charge in [-0.05, 0) is 51.5 Å². The summed E-state index contributed by atoms with van der Waals surface area (Å²) in [4.78, 5) is 2.46. The second-order valence-corrected chi connectivity index (χ2v) is 6.37. The van der Waals surface area contributed by atoms with Crippen molar-refractivity contribution >= 4 is 0 Å². The first-order chi connectivity index (χ1) is 7.95. The lowest BCUT2D eigenvalue weighted by molar-refractivity contribution is 0.0887. The lowest BCUT2D eigenvalue weighted by Gasteiger charge is -2.40. The standard InChI is InChI=1S/C15H28N2/c1-11(2)8-13(4)17(5)15-9-12(3)6-7-14(15)10-16/h11-15H,6-9H2,1-5H3. The van der Waals surface area contributed by atoms with Crippen LogP contribution in [0.4, 0.5) is 0 Å². The van der Waals surface area contributed by atoms with Gasteiger partial charge in [0.05, 0.1) is 12.0 Å². The molecule has 0 spiro atoms. The number of nitrogens with zero attached hydrogens (tertiary/aromatic N) is 2. The molecule has 0 aliphatic heterocycles. The zero-order valence-corrected chi connectivity index (χ0v) is 12.1. The monoisotopic (exact) mass is 236 g/mol. The van der Waals surface area contributed by atoms with Crippen LogP contribution in [0.3, 0.4) is 0 Å². The molecule has 0 saturated heterocycles. The molecule has 0 N–H and O–H groups in total. The van der Waals surface area contributed by atoms with E-state index in [1.54, 1.807) is 0 Å². The molecule has 0 heterocycles. The minimum absolute atomic E-state index is 0.241. The van der Waals surface area contributed by atoms with Crippen LogP contribution in [-0.2, 0) is 0 Å². The molecule has 1 saturated carbocycles. The summed E-state index contributed by atoms with van der Waals surface area (Å²) >= 11 is 0. The van der Waals surface area contributed by atoms with Crippen molar-refractivity contribution in [1.29, 1.82) is 5.26 Å². The van der Waals surface area contributed by atoms with Gasteiger partial charge in [0.2, 0.25) is 0 Å². The quantitative estimate of drug-likeness (QED) is 0.744. The lowest BCUT2D eigenvalue weighted by Crippen LogP contribution is -2.46. The zero-order valence-electron chi connectivity index (χ0n) is 12.1. The Kier molecular flexibility index (Phi) is 5.46. The maximum atomic E-state index is 9.28. The summed E-state index contributed by atoms with van der Waals surface area (Å²) in [5.41, 5.74) is 0. The molecule has 1 rings (SSSR count). The third-order valence-corrected chi connectivity index (χ3v) is 4.28. The predicted octanol–water partition coefficient (Wildman–Crippen LogP) is 3.68. The van der Waals surface area contributed by atoms with E-state index in [2.05, 4.69) is 45.7 Å². The number of nitriles is 1. The van der Waals surface area contributed by atoms with E-state index in [9.17, 15) is 5.26 Å². The molecule has 2 heteroatoms. The Bertz CT molecular complexity index is 267. The molecule has 4 unspecified atom stereocenters. The van der Waals surface area contributed by atoms with Crippen molar-refractivity contribution in [3.8, 4) is 6.07 Å². The van der Waals surface area contributed by atoms with Gasteiger partial charge in [-0.2, -0.15) is 5.26 Å². The van der Waals surface area contributed by atoms with Crippen LogP contribution in [0, 0.1) is 29.1 Å². The molecular weight excluding hydrogens is 208 g/mol. The summed E-state index contributed by atoms with van der Waals surface area (Å²) < 4.78 is 0. The van der Waals surface area contributed by atoms with Crippen LogP contribution in [0.5, 0.6) is 0 Å². The van der Waals surface area contributed by atoms with E-state index in [0.717, 1.165) is 18.3 Å². The molecule has 0 aromatic heterocycles. The second kappa shape index (κ2) is 6.40. The molecule has 17 heavy (non-hydrogen) atoms. The number of hydrogen-bond acceptors (Lipinski definition) is 2. The van der Waals surface area contributed by atoms with Crippen LogP contribution in [0.15, 0.2) is 0 Å². The van der Waals surface area contributed by atoms with Gasteiger partial charge < -0.3 is 0 Å². The Hall–Kier alpha value is -0.550. The average molecular weight is 236 g/mol. The normalized spacial score (nSPS) is 31.5. The van der Waals surface area contributed by atoms with Crippen molar-refractivity contribution in [3.63, 3.8) is 0 Å². The van der Waals surface area contributed by atoms with Crippen molar-refractivity contribution < 1.29 is 0 Å². The molecule has 1 aliphatic carbocycles. The first kappa shape index (κ1) is 14.5. The second-order valence-electron chi connectivity index (χ2n) is 6.37. The molecular formula is C15H28N2. The molecule has 1 aliphatic rings. The van der Waals surface area contributed by atoms with E-state index in [-0.39, 0.29) is 5.92 Å². The van der Waals surface area contributed by atoms with E-state index in [1.165, 1.54) is 19.3 Å². The minimum Gasteiger partial charge on any atom is -0.299 e. The molecule has 4 atom stereocenters. The lowest BCUT2D eigenvalue weighted by atomic mass is 9.78. The van der Waals surface area contributed by atoms with Gasteiger partial charge in [-0.25, -0.2) is 0 Å². The highest BCUT2D eigenvalue weighted by atomic mass is 15.2. The van der Waals surface area contributed by atoms with Crippen LogP contribution in [0.25, 0.3) is 0 Å². The van der Waals surface area contributed by atoms with Gasteiger partial charge >= 0.3 is 0 Å². The van der Waals surface area contributed by atoms with Crippen molar-refractivity contribution in [2.24, 2.45) is 17.8 Å². The Labute approximate surface area is 107 Å². The van der Waals surface area contributed by atoms with Crippen molar-refractivity contribution in [1.82, 2.24) is 4.90 Å². The molecule has 0 radical (unpaired) electrons. The molecule has 2 nitrogen and oxygen atoms in total. The maximum Gasteiger partial charge on any atom is 0.0672 e. The number of rotatable bonds is 4. The third-order valence-electron chi connectivity index (χ3n) is 4.28. The first-order valence-corrected chi connectivity index (χ1v) is 7.07. The van der Waals surface area contributed by atoms with E-state index >= 15 is 0 Å². The molecule has 1 fully saturated rings. The average Bonchev–Trinajstić information content (AvgIpc) is 2.27. The van der Waals surface area contributed by atoms with E-state index in [0.29, 0.717) is 12.1 Å². The predicted molar refractivity (Wildman–Crippen MR) is 72.6 cm³/mol. The van der Waals surface area contributed by atoms with Crippen molar-refractivity contribution in [2.75, 3.05) is 7.05 Å². The SMILES string of the molecule is CC(C)CC(C)N(C)C1CC(C)CCC1C#N. The van der Waals surface area contributed by atoms with Crippen LogP contribution in [0.1, 0.15) is 53.4 Å². The molecule has 0 aromatic rings. The highest BCUT2D eigenvalue weighted by molar-refractivity contribution is 4.97. The van der Waals surface area contributed by atoms with E-state index in [4.69, 9.17) is 0 Å². The van der Waals surface area contributed by atoms with Gasteiger partial charge in [0.1, 0.15) is 0 Å². The first-order valence-electron chi connectivity index (χ1n) is 7.07. The maximum absolute atomic E-state index is 9.28. The Morgan fingerprint density at radius 2 is 1.94 bits per heavy atom. The smallest absolute Gasteiger partial charge is 0.0672 e. The highest BCUT2D eigenvalue weighted by Crippen LogP contribution is 2.32. The molecule has 98 valence electrons. The summed E-state index contributed by atoms with van der Waals surface area (Å²) in [6, 6.07) is 3.58. The van der Waals surface area contributed by atoms with Crippen LogP contribution in [-0.4, -0.2) is 24.0 Å². The summed E-state index contributed by atoms with van der Waals surface area (Å²) in [6.45, 7) is 9.17. The summed E-state index contributed by atoms with van der Waals surface area (Å²) in [7, 11) is 2.21. The fourth-order valence-electron chi connectivity index (χ4n) is 3.13. The Morgan fingerprint density at radius 3 is 2.47 bits per heavy atom. The van der Waals surface area contributed by atoms with E-state index < -0.39 is 0 Å². The van der Waals surface area contributed by atoms with Gasteiger partial charge in [-0.3, -0.25) is 4.90 Å². The number of hydrogen-bond donors (Lipinski definition) is 0. The van der Waals surface area contributed by atoms with Gasteiger partial charge in [0.25, 0.3) is 0 Å². The van der Waals surface area contributed by atoms with Crippen LogP contribution < -0.4 is 0 Å². The van der Waals surface area contributed by atoms with Gasteiger partial charge in [0, 0.05) is 12.1 Å². The fraction of sp³-hybridized carbons (Fsp3) is 0.933. The van der Waals surface area contributed by atoms with Crippen molar-refractivity contribution in [3.05, 3.63) is 0 Å². The molecule has 0 aromatic carbocycles. The van der Waals surface area contributed by atoms with Crippen molar-refractivity contribution in [2.45, 2.75) is 65.5 Å². The van der Waals surface area contributed by atoms with Gasteiger partial charge in [-0.15, -0.1) is 0 Å². The third kappa shape index (κ3) is 4.00. The molecule has 0 bridgehead atoms.